The molecule has 100 valence electrons. The van der Waals surface area contributed by atoms with Gasteiger partial charge in [0.1, 0.15) is 0 Å². The highest BCUT2D eigenvalue weighted by Gasteiger charge is 2.15. The van der Waals surface area contributed by atoms with E-state index in [0.717, 1.165) is 4.68 Å². The van der Waals surface area contributed by atoms with E-state index in [4.69, 9.17) is 4.42 Å². The summed E-state index contributed by atoms with van der Waals surface area (Å²) >= 11 is 0. The number of hydrogen-bond acceptors (Lipinski definition) is 4. The predicted molar refractivity (Wildman–Crippen MR) is 70.7 cm³/mol. The predicted octanol–water partition coefficient (Wildman–Crippen LogP) is 1.22. The van der Waals surface area contributed by atoms with Crippen LogP contribution in [0, 0.1) is 0 Å². The minimum absolute atomic E-state index is 0.108. The molecule has 1 amide bonds. The quantitative estimate of drug-likeness (QED) is 0.748. The number of aromatic nitrogens is 3. The number of aromatic amines is 1. The molecule has 3 aromatic rings. The third-order valence-electron chi connectivity index (χ3n) is 2.66. The molecule has 2 N–H and O–H groups in total. The number of nitrogens with zero attached hydrogens (tertiary/aromatic N) is 2. The maximum Gasteiger partial charge on any atom is 0.362 e. The summed E-state index contributed by atoms with van der Waals surface area (Å²) < 4.78 is 6.01. The summed E-state index contributed by atoms with van der Waals surface area (Å²) in [6.07, 6.45) is 1.38. The lowest BCUT2D eigenvalue weighted by molar-refractivity contribution is 0.0981. The fraction of sp³-hybridized carbons (Fsp3) is 0. The Hall–Kier alpha value is -3.09. The van der Waals surface area contributed by atoms with Crippen LogP contribution in [0.2, 0.25) is 0 Å². The SMILES string of the molecule is O=C(Nn1c(-c2ccccc2)n[nH]c1=O)c1ccco1. The molecule has 2 aromatic heterocycles. The first-order valence-corrected chi connectivity index (χ1v) is 5.83. The molecule has 3 rings (SSSR count). The highest BCUT2D eigenvalue weighted by molar-refractivity contribution is 5.97. The Morgan fingerprint density at radius 2 is 2.00 bits per heavy atom. The van der Waals surface area contributed by atoms with E-state index in [9.17, 15) is 9.59 Å². The molecule has 0 aliphatic rings. The maximum atomic E-state index is 11.9. The minimum Gasteiger partial charge on any atom is -0.459 e. The second-order valence-electron chi connectivity index (χ2n) is 3.97. The number of rotatable bonds is 3. The summed E-state index contributed by atoms with van der Waals surface area (Å²) in [5.74, 6) is -0.108. The molecular formula is C13H10N4O3. The van der Waals surface area contributed by atoms with Gasteiger partial charge in [-0.05, 0) is 12.1 Å². The van der Waals surface area contributed by atoms with Crippen LogP contribution in [0.15, 0.2) is 57.9 Å². The van der Waals surface area contributed by atoms with Crippen molar-refractivity contribution in [3.8, 4) is 11.4 Å². The van der Waals surface area contributed by atoms with Crippen LogP contribution in [0.5, 0.6) is 0 Å². The summed E-state index contributed by atoms with van der Waals surface area (Å²) in [7, 11) is 0. The van der Waals surface area contributed by atoms with Crippen LogP contribution in [0.3, 0.4) is 0 Å². The second-order valence-corrected chi connectivity index (χ2v) is 3.97. The van der Waals surface area contributed by atoms with Gasteiger partial charge >= 0.3 is 11.6 Å². The number of carbonyl (C=O) groups excluding carboxylic acids is 1. The maximum absolute atomic E-state index is 11.9. The lowest BCUT2D eigenvalue weighted by atomic mass is 10.2. The van der Waals surface area contributed by atoms with Gasteiger partial charge in [-0.2, -0.15) is 9.77 Å². The lowest BCUT2D eigenvalue weighted by Crippen LogP contribution is -2.31. The van der Waals surface area contributed by atoms with Gasteiger partial charge in [-0.1, -0.05) is 30.3 Å². The average molecular weight is 270 g/mol. The Morgan fingerprint density at radius 1 is 1.20 bits per heavy atom. The van der Waals surface area contributed by atoms with Gasteiger partial charge in [-0.15, -0.1) is 0 Å². The van der Waals surface area contributed by atoms with Gasteiger partial charge in [0.05, 0.1) is 6.26 Å². The molecule has 0 saturated heterocycles. The molecule has 0 saturated carbocycles. The Balaban J connectivity index is 1.96. The van der Waals surface area contributed by atoms with Crippen LogP contribution in [0.25, 0.3) is 11.4 Å². The van der Waals surface area contributed by atoms with Crippen molar-refractivity contribution in [3.63, 3.8) is 0 Å². The van der Waals surface area contributed by atoms with Crippen LogP contribution in [0.4, 0.5) is 0 Å². The first-order chi connectivity index (χ1) is 9.75. The molecule has 7 nitrogen and oxygen atoms in total. The van der Waals surface area contributed by atoms with Gasteiger partial charge in [0.2, 0.25) is 0 Å². The molecular weight excluding hydrogens is 260 g/mol. The van der Waals surface area contributed by atoms with E-state index in [1.54, 1.807) is 18.2 Å². The molecule has 1 aromatic carbocycles. The normalized spacial score (nSPS) is 10.4. The van der Waals surface area contributed by atoms with Gasteiger partial charge in [0.15, 0.2) is 11.6 Å². The van der Waals surface area contributed by atoms with Crippen molar-refractivity contribution >= 4 is 5.91 Å². The van der Waals surface area contributed by atoms with Crippen LogP contribution >= 0.6 is 0 Å². The van der Waals surface area contributed by atoms with Gasteiger partial charge in [0.25, 0.3) is 0 Å². The Morgan fingerprint density at radius 3 is 2.70 bits per heavy atom. The van der Waals surface area contributed by atoms with Crippen LogP contribution < -0.4 is 11.1 Å². The number of benzene rings is 1. The van der Waals surface area contributed by atoms with Crippen molar-refractivity contribution in [3.05, 3.63) is 65.0 Å². The van der Waals surface area contributed by atoms with Crippen LogP contribution in [0.1, 0.15) is 10.6 Å². The van der Waals surface area contributed by atoms with Gasteiger partial charge in [0, 0.05) is 5.56 Å². The molecule has 0 aliphatic heterocycles. The van der Waals surface area contributed by atoms with Gasteiger partial charge < -0.3 is 4.42 Å². The molecule has 0 unspecified atom stereocenters. The standard InChI is InChI=1S/C13H10N4O3/c18-12(10-7-4-8-20-10)16-17-11(14-15-13(17)19)9-5-2-1-3-6-9/h1-8H,(H,15,19)(H,16,18). The highest BCUT2D eigenvalue weighted by Crippen LogP contribution is 2.13. The summed E-state index contributed by atoms with van der Waals surface area (Å²) in [6.45, 7) is 0. The van der Waals surface area contributed by atoms with Gasteiger partial charge in [-0.3, -0.25) is 10.2 Å². The van der Waals surface area contributed by atoms with E-state index < -0.39 is 11.6 Å². The second kappa shape index (κ2) is 4.88. The molecule has 0 radical (unpaired) electrons. The number of amides is 1. The topological polar surface area (TPSA) is 92.9 Å². The largest absolute Gasteiger partial charge is 0.459 e. The first kappa shape index (κ1) is 12.0. The third kappa shape index (κ3) is 2.12. The monoisotopic (exact) mass is 270 g/mol. The Kier molecular flexibility index (Phi) is 2.92. The van der Waals surface area contributed by atoms with Crippen molar-refractivity contribution in [2.45, 2.75) is 0 Å². The molecule has 20 heavy (non-hydrogen) atoms. The summed E-state index contributed by atoms with van der Waals surface area (Å²) in [4.78, 5) is 23.6. The van der Waals surface area contributed by atoms with Crippen LogP contribution in [-0.2, 0) is 0 Å². The van der Waals surface area contributed by atoms with Crippen molar-refractivity contribution in [1.29, 1.82) is 0 Å². The third-order valence-corrected chi connectivity index (χ3v) is 2.66. The first-order valence-electron chi connectivity index (χ1n) is 5.83. The summed E-state index contributed by atoms with van der Waals surface area (Å²) in [5.41, 5.74) is 2.60. The smallest absolute Gasteiger partial charge is 0.362 e. The van der Waals surface area contributed by atoms with Gasteiger partial charge in [-0.25, -0.2) is 9.89 Å². The zero-order valence-corrected chi connectivity index (χ0v) is 10.2. The molecule has 0 fully saturated rings. The Labute approximate surface area is 112 Å². The molecule has 0 bridgehead atoms. The number of H-pyrrole nitrogens is 1. The van der Waals surface area contributed by atoms with E-state index in [1.165, 1.54) is 12.3 Å². The zero-order chi connectivity index (χ0) is 13.9. The molecule has 0 aliphatic carbocycles. The average Bonchev–Trinajstić information content (AvgIpc) is 3.11. The zero-order valence-electron chi connectivity index (χ0n) is 10.2. The fourth-order valence-corrected chi connectivity index (χ4v) is 1.75. The van der Waals surface area contributed by atoms with Crippen LogP contribution in [-0.4, -0.2) is 20.8 Å². The number of nitrogens with one attached hydrogen (secondary N) is 2. The number of carbonyl (C=O) groups is 1. The van der Waals surface area contributed by atoms with E-state index in [1.807, 2.05) is 18.2 Å². The highest BCUT2D eigenvalue weighted by atomic mass is 16.3. The number of hydrogen-bond donors (Lipinski definition) is 2. The minimum atomic E-state index is -0.538. The van der Waals surface area contributed by atoms with E-state index in [0.29, 0.717) is 11.4 Å². The van der Waals surface area contributed by atoms with E-state index >= 15 is 0 Å². The fourth-order valence-electron chi connectivity index (χ4n) is 1.75. The van der Waals surface area contributed by atoms with E-state index in [2.05, 4.69) is 15.6 Å². The van der Waals surface area contributed by atoms with E-state index in [-0.39, 0.29) is 5.76 Å². The molecule has 0 spiro atoms. The van der Waals surface area contributed by atoms with Crippen molar-refractivity contribution in [2.24, 2.45) is 0 Å². The Bertz CT molecular complexity index is 772. The van der Waals surface area contributed by atoms with Crippen molar-refractivity contribution in [1.82, 2.24) is 14.9 Å². The molecule has 0 atom stereocenters. The molecule has 7 heteroatoms. The summed E-state index contributed by atoms with van der Waals surface area (Å²) in [5, 5.41) is 6.20. The lowest BCUT2D eigenvalue weighted by Gasteiger charge is -2.06. The van der Waals surface area contributed by atoms with Crippen molar-refractivity contribution in [2.75, 3.05) is 5.43 Å². The molecule has 2 heterocycles. The summed E-state index contributed by atoms with van der Waals surface area (Å²) in [6, 6.07) is 12.1. The van der Waals surface area contributed by atoms with Crippen molar-refractivity contribution < 1.29 is 9.21 Å². The number of furan rings is 1.